The Morgan fingerprint density at radius 2 is 2.35 bits per heavy atom. The van der Waals surface area contributed by atoms with E-state index in [9.17, 15) is 0 Å². The Morgan fingerprint density at radius 3 is 3.15 bits per heavy atom. The zero-order valence-electron chi connectivity index (χ0n) is 11.9. The Balaban J connectivity index is 1.63. The van der Waals surface area contributed by atoms with Crippen LogP contribution in [0.4, 0.5) is 0 Å². The van der Waals surface area contributed by atoms with Crippen molar-refractivity contribution in [3.8, 4) is 5.75 Å². The predicted octanol–water partition coefficient (Wildman–Crippen LogP) is 2.38. The molecule has 2 N–H and O–H groups in total. The number of ether oxygens (including phenoxy) is 1. The zero-order chi connectivity index (χ0) is 13.9. The summed E-state index contributed by atoms with van der Waals surface area (Å²) < 4.78 is 7.86. The van der Waals surface area contributed by atoms with E-state index in [2.05, 4.69) is 23.2 Å². The molecule has 1 aromatic heterocycles. The number of hydrogen-bond donors (Lipinski definition) is 1. The molecule has 0 radical (unpaired) electrons. The summed E-state index contributed by atoms with van der Waals surface area (Å²) in [5.41, 5.74) is 8.80. The average molecular weight is 271 g/mol. The molecule has 3 rings (SSSR count). The highest BCUT2D eigenvalue weighted by atomic mass is 16.5. The predicted molar refractivity (Wildman–Crippen MR) is 78.7 cm³/mol. The molecule has 1 aliphatic rings. The lowest BCUT2D eigenvalue weighted by atomic mass is 9.88. The van der Waals surface area contributed by atoms with E-state index in [-0.39, 0.29) is 6.04 Å². The molecule has 4 nitrogen and oxygen atoms in total. The second-order valence-corrected chi connectivity index (χ2v) is 5.41. The van der Waals surface area contributed by atoms with Crippen LogP contribution in [0.15, 0.2) is 30.6 Å². The van der Waals surface area contributed by atoms with Crippen molar-refractivity contribution in [1.82, 2.24) is 9.55 Å². The van der Waals surface area contributed by atoms with E-state index in [1.807, 2.05) is 24.0 Å². The maximum atomic E-state index is 6.17. The number of fused-ring (bicyclic) bond motifs is 1. The van der Waals surface area contributed by atoms with Gasteiger partial charge in [-0.05, 0) is 42.5 Å². The summed E-state index contributed by atoms with van der Waals surface area (Å²) in [5, 5.41) is 0. The van der Waals surface area contributed by atoms with E-state index in [1.54, 1.807) is 0 Å². The van der Waals surface area contributed by atoms with Gasteiger partial charge in [0.2, 0.25) is 0 Å². The quantitative estimate of drug-likeness (QED) is 0.929. The van der Waals surface area contributed by atoms with E-state index in [4.69, 9.17) is 10.5 Å². The lowest BCUT2D eigenvalue weighted by Crippen LogP contribution is -2.17. The lowest BCUT2D eigenvalue weighted by Gasteiger charge is -2.22. The van der Waals surface area contributed by atoms with Crippen LogP contribution in [0.3, 0.4) is 0 Å². The van der Waals surface area contributed by atoms with Crippen LogP contribution in [0.25, 0.3) is 0 Å². The Morgan fingerprint density at radius 1 is 1.45 bits per heavy atom. The molecule has 0 fully saturated rings. The van der Waals surface area contributed by atoms with Gasteiger partial charge in [0.1, 0.15) is 11.6 Å². The minimum Gasteiger partial charge on any atom is -0.493 e. The first-order valence-corrected chi connectivity index (χ1v) is 7.21. The van der Waals surface area contributed by atoms with Crippen molar-refractivity contribution in [2.45, 2.75) is 31.7 Å². The number of imidazole rings is 1. The Kier molecular flexibility index (Phi) is 3.74. The van der Waals surface area contributed by atoms with Gasteiger partial charge >= 0.3 is 0 Å². The number of aryl methyl sites for hydroxylation is 2. The molecule has 0 amide bonds. The highest BCUT2D eigenvalue weighted by Crippen LogP contribution is 2.30. The van der Waals surface area contributed by atoms with Crippen molar-refractivity contribution in [3.05, 3.63) is 47.5 Å². The van der Waals surface area contributed by atoms with Crippen molar-refractivity contribution in [2.75, 3.05) is 6.61 Å². The summed E-state index contributed by atoms with van der Waals surface area (Å²) in [5.74, 6) is 1.95. The summed E-state index contributed by atoms with van der Waals surface area (Å²) in [4.78, 5) is 4.29. The van der Waals surface area contributed by atoms with Gasteiger partial charge in [0.05, 0.1) is 6.61 Å². The van der Waals surface area contributed by atoms with E-state index < -0.39 is 0 Å². The molecule has 106 valence electrons. The fourth-order valence-electron chi connectivity index (χ4n) is 2.80. The molecule has 0 aliphatic heterocycles. The monoisotopic (exact) mass is 271 g/mol. The van der Waals surface area contributed by atoms with Gasteiger partial charge in [-0.2, -0.15) is 0 Å². The molecular weight excluding hydrogens is 250 g/mol. The molecule has 2 aromatic rings. The number of aromatic nitrogens is 2. The third-order valence-electron chi connectivity index (χ3n) is 3.99. The van der Waals surface area contributed by atoms with E-state index in [0.717, 1.165) is 30.8 Å². The van der Waals surface area contributed by atoms with Crippen LogP contribution in [0, 0.1) is 0 Å². The highest BCUT2D eigenvalue weighted by Gasteiger charge is 2.17. The summed E-state index contributed by atoms with van der Waals surface area (Å²) in [6.07, 6.45) is 7.97. The second kappa shape index (κ2) is 5.67. The Hall–Kier alpha value is -1.81. The van der Waals surface area contributed by atoms with Crippen molar-refractivity contribution in [1.29, 1.82) is 0 Å². The molecule has 1 atom stereocenters. The number of benzene rings is 1. The maximum absolute atomic E-state index is 6.17. The van der Waals surface area contributed by atoms with Gasteiger partial charge in [0.25, 0.3) is 0 Å². The van der Waals surface area contributed by atoms with Crippen molar-refractivity contribution in [3.63, 3.8) is 0 Å². The van der Waals surface area contributed by atoms with Crippen LogP contribution >= 0.6 is 0 Å². The van der Waals surface area contributed by atoms with E-state index in [1.165, 1.54) is 17.5 Å². The third kappa shape index (κ3) is 2.70. The van der Waals surface area contributed by atoms with Gasteiger partial charge in [-0.15, -0.1) is 0 Å². The minimum absolute atomic E-state index is 0.164. The number of rotatable bonds is 4. The molecule has 0 saturated carbocycles. The van der Waals surface area contributed by atoms with Gasteiger partial charge in [-0.3, -0.25) is 0 Å². The summed E-state index contributed by atoms with van der Waals surface area (Å²) in [6.45, 7) is 0.638. The second-order valence-electron chi connectivity index (χ2n) is 5.41. The first-order chi connectivity index (χ1) is 9.74. The van der Waals surface area contributed by atoms with Crippen molar-refractivity contribution in [2.24, 2.45) is 12.8 Å². The summed E-state index contributed by atoms with van der Waals surface area (Å²) in [6, 6.07) is 6.48. The van der Waals surface area contributed by atoms with Crippen LogP contribution in [0.2, 0.25) is 0 Å². The van der Waals surface area contributed by atoms with Crippen molar-refractivity contribution >= 4 is 0 Å². The van der Waals surface area contributed by atoms with Crippen LogP contribution in [0.5, 0.6) is 5.75 Å². The molecule has 4 heteroatoms. The van der Waals surface area contributed by atoms with Gasteiger partial charge in [-0.25, -0.2) is 4.98 Å². The topological polar surface area (TPSA) is 53.1 Å². The molecular formula is C16H21N3O. The fourth-order valence-corrected chi connectivity index (χ4v) is 2.80. The Bertz CT molecular complexity index is 591. The van der Waals surface area contributed by atoms with Crippen LogP contribution < -0.4 is 10.5 Å². The smallest absolute Gasteiger partial charge is 0.119 e. The average Bonchev–Trinajstić information content (AvgIpc) is 2.85. The van der Waals surface area contributed by atoms with E-state index >= 15 is 0 Å². The maximum Gasteiger partial charge on any atom is 0.119 e. The Labute approximate surface area is 119 Å². The normalized spacial score (nSPS) is 17.8. The lowest BCUT2D eigenvalue weighted by molar-refractivity contribution is 0.316. The van der Waals surface area contributed by atoms with Crippen LogP contribution in [-0.4, -0.2) is 16.2 Å². The SMILES string of the molecule is Cn1ccnc1CCOc1ccc2c(c1)C(N)CCC2. The van der Waals surface area contributed by atoms with Crippen LogP contribution in [-0.2, 0) is 19.9 Å². The highest BCUT2D eigenvalue weighted by molar-refractivity contribution is 5.39. The number of hydrogen-bond acceptors (Lipinski definition) is 3. The molecule has 0 spiro atoms. The van der Waals surface area contributed by atoms with Crippen LogP contribution in [0.1, 0.15) is 35.8 Å². The number of nitrogens with two attached hydrogens (primary N) is 1. The third-order valence-corrected chi connectivity index (χ3v) is 3.99. The minimum atomic E-state index is 0.164. The van der Waals surface area contributed by atoms with Gasteiger partial charge in [-0.1, -0.05) is 6.07 Å². The molecule has 1 aliphatic carbocycles. The molecule has 1 heterocycles. The first-order valence-electron chi connectivity index (χ1n) is 7.21. The van der Waals surface area contributed by atoms with Gasteiger partial charge in [0.15, 0.2) is 0 Å². The first kappa shape index (κ1) is 13.2. The number of nitrogens with zero attached hydrogens (tertiary/aromatic N) is 2. The van der Waals surface area contributed by atoms with Crippen molar-refractivity contribution < 1.29 is 4.74 Å². The molecule has 20 heavy (non-hydrogen) atoms. The standard InChI is InChI=1S/C16H21N3O/c1-19-9-8-18-16(19)7-10-20-13-6-5-12-3-2-4-15(17)14(12)11-13/h5-6,8-9,11,15H,2-4,7,10,17H2,1H3. The summed E-state index contributed by atoms with van der Waals surface area (Å²) >= 11 is 0. The van der Waals surface area contributed by atoms with Gasteiger partial charge < -0.3 is 15.0 Å². The fraction of sp³-hybridized carbons (Fsp3) is 0.438. The van der Waals surface area contributed by atoms with Gasteiger partial charge in [0, 0.05) is 31.9 Å². The largest absolute Gasteiger partial charge is 0.493 e. The molecule has 1 aromatic carbocycles. The van der Waals surface area contributed by atoms with E-state index in [0.29, 0.717) is 6.61 Å². The zero-order valence-corrected chi connectivity index (χ0v) is 11.9. The molecule has 0 saturated heterocycles. The molecule has 1 unspecified atom stereocenters. The molecule has 0 bridgehead atoms. The summed E-state index contributed by atoms with van der Waals surface area (Å²) in [7, 11) is 2.00.